The lowest BCUT2D eigenvalue weighted by atomic mass is 10.4. The summed E-state index contributed by atoms with van der Waals surface area (Å²) in [4.78, 5) is 5.72. The molecule has 1 aliphatic rings. The number of hydrogen-bond acceptors (Lipinski definition) is 5. The molecule has 13 heavy (non-hydrogen) atoms. The number of nitrogens with two attached hydrogens (primary N) is 1. The summed E-state index contributed by atoms with van der Waals surface area (Å²) in [6.07, 6.45) is -0.894. The van der Waals surface area contributed by atoms with Crippen LogP contribution in [0.1, 0.15) is 0 Å². The predicted octanol–water partition coefficient (Wildman–Crippen LogP) is -0.224. The fourth-order valence-electron chi connectivity index (χ4n) is 1.28. The summed E-state index contributed by atoms with van der Waals surface area (Å²) in [6, 6.07) is 5.28. The standard InChI is InChI=1S/C8H11N3O2/c9-6-2-1-3-7(10-6)11-4-5-13-8(11)12/h1-3,8,12H,4-5H2,(H2,9,10). The number of hydrogen-bond donors (Lipinski definition) is 2. The van der Waals surface area contributed by atoms with Gasteiger partial charge in [-0.2, -0.15) is 0 Å². The van der Waals surface area contributed by atoms with Gasteiger partial charge < -0.3 is 20.5 Å². The highest BCUT2D eigenvalue weighted by molar-refractivity contribution is 5.45. The summed E-state index contributed by atoms with van der Waals surface area (Å²) in [5.74, 6) is 1.08. The molecule has 1 unspecified atom stereocenters. The van der Waals surface area contributed by atoms with Crippen LogP contribution < -0.4 is 10.6 Å². The fraction of sp³-hybridized carbons (Fsp3) is 0.375. The van der Waals surface area contributed by atoms with Gasteiger partial charge in [-0.25, -0.2) is 4.98 Å². The predicted molar refractivity (Wildman–Crippen MR) is 48.0 cm³/mol. The van der Waals surface area contributed by atoms with E-state index in [9.17, 15) is 5.11 Å². The van der Waals surface area contributed by atoms with Crippen molar-refractivity contribution in [1.29, 1.82) is 0 Å². The molecule has 1 atom stereocenters. The van der Waals surface area contributed by atoms with E-state index < -0.39 is 6.41 Å². The molecule has 1 aromatic heterocycles. The average Bonchev–Trinajstić information content (AvgIpc) is 2.51. The quantitative estimate of drug-likeness (QED) is 0.626. The fourth-order valence-corrected chi connectivity index (χ4v) is 1.28. The zero-order chi connectivity index (χ0) is 9.26. The van der Waals surface area contributed by atoms with Crippen LogP contribution in [0.25, 0.3) is 0 Å². The molecule has 0 radical (unpaired) electrons. The first-order valence-electron chi connectivity index (χ1n) is 4.06. The van der Waals surface area contributed by atoms with E-state index in [1.807, 2.05) is 0 Å². The summed E-state index contributed by atoms with van der Waals surface area (Å²) in [5, 5.41) is 9.36. The number of aliphatic hydroxyl groups excluding tert-OH is 1. The van der Waals surface area contributed by atoms with Gasteiger partial charge in [0.15, 0.2) is 0 Å². The van der Waals surface area contributed by atoms with Gasteiger partial charge in [0.2, 0.25) is 6.41 Å². The van der Waals surface area contributed by atoms with Crippen LogP contribution in [0.3, 0.4) is 0 Å². The monoisotopic (exact) mass is 181 g/mol. The summed E-state index contributed by atoms with van der Waals surface area (Å²) in [7, 11) is 0. The minimum absolute atomic E-state index is 0.441. The van der Waals surface area contributed by atoms with Gasteiger partial charge in [-0.1, -0.05) is 6.07 Å². The Hall–Kier alpha value is -1.33. The Morgan fingerprint density at radius 3 is 3.08 bits per heavy atom. The van der Waals surface area contributed by atoms with Gasteiger partial charge in [-0.3, -0.25) is 0 Å². The largest absolute Gasteiger partial charge is 0.384 e. The summed E-state index contributed by atoms with van der Waals surface area (Å²) >= 11 is 0. The van der Waals surface area contributed by atoms with Crippen LogP contribution in [0.15, 0.2) is 18.2 Å². The lowest BCUT2D eigenvalue weighted by molar-refractivity contribution is -0.0576. The Morgan fingerprint density at radius 1 is 1.62 bits per heavy atom. The van der Waals surface area contributed by atoms with E-state index in [1.54, 1.807) is 23.1 Å². The van der Waals surface area contributed by atoms with Crippen molar-refractivity contribution in [3.05, 3.63) is 18.2 Å². The average molecular weight is 181 g/mol. The third kappa shape index (κ3) is 1.56. The van der Waals surface area contributed by atoms with E-state index in [1.165, 1.54) is 0 Å². The van der Waals surface area contributed by atoms with Crippen LogP contribution in [0.2, 0.25) is 0 Å². The molecule has 5 nitrogen and oxygen atoms in total. The van der Waals surface area contributed by atoms with Crippen molar-refractivity contribution < 1.29 is 9.84 Å². The van der Waals surface area contributed by atoms with Crippen molar-refractivity contribution >= 4 is 11.6 Å². The molecule has 5 heteroatoms. The summed E-state index contributed by atoms with van der Waals surface area (Å²) in [6.45, 7) is 1.15. The third-order valence-corrected chi connectivity index (χ3v) is 1.92. The molecule has 1 fully saturated rings. The first-order chi connectivity index (χ1) is 6.27. The lowest BCUT2D eigenvalue weighted by Crippen LogP contribution is -2.30. The van der Waals surface area contributed by atoms with Crippen LogP contribution in [0, 0.1) is 0 Å². The number of nitrogens with zero attached hydrogens (tertiary/aromatic N) is 2. The number of anilines is 2. The van der Waals surface area contributed by atoms with Crippen molar-refractivity contribution in [2.24, 2.45) is 0 Å². The number of nitrogen functional groups attached to an aromatic ring is 1. The van der Waals surface area contributed by atoms with Gasteiger partial charge in [0, 0.05) is 6.54 Å². The van der Waals surface area contributed by atoms with Crippen LogP contribution in [-0.4, -0.2) is 29.7 Å². The zero-order valence-electron chi connectivity index (χ0n) is 7.05. The second-order valence-electron chi connectivity index (χ2n) is 2.81. The molecule has 2 rings (SSSR count). The smallest absolute Gasteiger partial charge is 0.239 e. The highest BCUT2D eigenvalue weighted by atomic mass is 16.6. The Bertz CT molecular complexity index is 305. The number of aromatic nitrogens is 1. The maximum absolute atomic E-state index is 9.36. The van der Waals surface area contributed by atoms with Gasteiger partial charge in [0.05, 0.1) is 6.61 Å². The van der Waals surface area contributed by atoms with Crippen molar-refractivity contribution in [2.45, 2.75) is 6.41 Å². The molecule has 1 saturated heterocycles. The molecule has 70 valence electrons. The van der Waals surface area contributed by atoms with Crippen molar-refractivity contribution in [3.63, 3.8) is 0 Å². The molecule has 1 aromatic rings. The second-order valence-corrected chi connectivity index (χ2v) is 2.81. The molecule has 0 amide bonds. The van der Waals surface area contributed by atoms with Gasteiger partial charge in [-0.15, -0.1) is 0 Å². The Kier molecular flexibility index (Phi) is 2.03. The maximum atomic E-state index is 9.36. The van der Waals surface area contributed by atoms with Gasteiger partial charge >= 0.3 is 0 Å². The van der Waals surface area contributed by atoms with E-state index in [0.717, 1.165) is 0 Å². The molecule has 0 saturated carbocycles. The molecule has 0 aromatic carbocycles. The number of rotatable bonds is 1. The van der Waals surface area contributed by atoms with Crippen molar-refractivity contribution in [3.8, 4) is 0 Å². The van der Waals surface area contributed by atoms with Crippen LogP contribution in [-0.2, 0) is 4.74 Å². The maximum Gasteiger partial charge on any atom is 0.239 e. The van der Waals surface area contributed by atoms with Crippen LogP contribution in [0.5, 0.6) is 0 Å². The molecule has 0 aliphatic carbocycles. The lowest BCUT2D eigenvalue weighted by Gasteiger charge is -2.19. The molecule has 3 N–H and O–H groups in total. The molecule has 0 spiro atoms. The summed E-state index contributed by atoms with van der Waals surface area (Å²) < 4.78 is 4.96. The van der Waals surface area contributed by atoms with Gasteiger partial charge in [0.25, 0.3) is 0 Å². The second kappa shape index (κ2) is 3.20. The molecule has 0 bridgehead atoms. The van der Waals surface area contributed by atoms with E-state index in [-0.39, 0.29) is 0 Å². The number of ether oxygens (including phenoxy) is 1. The number of aliphatic hydroxyl groups is 1. The highest BCUT2D eigenvalue weighted by Crippen LogP contribution is 2.18. The van der Waals surface area contributed by atoms with E-state index >= 15 is 0 Å². The Balaban J connectivity index is 2.24. The first-order valence-corrected chi connectivity index (χ1v) is 4.06. The molecular formula is C8H11N3O2. The van der Waals surface area contributed by atoms with E-state index in [4.69, 9.17) is 10.5 Å². The molecule has 2 heterocycles. The van der Waals surface area contributed by atoms with Crippen LogP contribution in [0.4, 0.5) is 11.6 Å². The van der Waals surface area contributed by atoms with Crippen molar-refractivity contribution in [2.75, 3.05) is 23.8 Å². The zero-order valence-corrected chi connectivity index (χ0v) is 7.05. The normalized spacial score (nSPS) is 22.2. The van der Waals surface area contributed by atoms with E-state index in [0.29, 0.717) is 24.8 Å². The Morgan fingerprint density at radius 2 is 2.46 bits per heavy atom. The first kappa shape index (κ1) is 8.28. The number of pyridine rings is 1. The minimum atomic E-state index is -0.894. The van der Waals surface area contributed by atoms with E-state index in [2.05, 4.69) is 4.98 Å². The SMILES string of the molecule is Nc1cccc(N2CCOC2O)n1. The topological polar surface area (TPSA) is 71.6 Å². The summed E-state index contributed by atoms with van der Waals surface area (Å²) in [5.41, 5.74) is 5.51. The molecule has 1 aliphatic heterocycles. The minimum Gasteiger partial charge on any atom is -0.384 e. The van der Waals surface area contributed by atoms with Gasteiger partial charge in [0.1, 0.15) is 11.6 Å². The molecular weight excluding hydrogens is 170 g/mol. The van der Waals surface area contributed by atoms with Crippen molar-refractivity contribution in [1.82, 2.24) is 4.98 Å². The third-order valence-electron chi connectivity index (χ3n) is 1.92. The highest BCUT2D eigenvalue weighted by Gasteiger charge is 2.23. The Labute approximate surface area is 75.7 Å². The van der Waals surface area contributed by atoms with Gasteiger partial charge in [-0.05, 0) is 12.1 Å². The van der Waals surface area contributed by atoms with Crippen LogP contribution >= 0.6 is 0 Å².